The Balaban J connectivity index is 5.32. The van der Waals surface area contributed by atoms with Gasteiger partial charge in [0.2, 0.25) is 11.8 Å². The number of aliphatic carboxylic acids is 1. The molecule has 0 radical (unpaired) electrons. The molecule has 1 N–H and O–H groups in total. The van der Waals surface area contributed by atoms with Gasteiger partial charge in [-0.15, -0.1) is 0 Å². The topological polar surface area (TPSA) is 101 Å². The molecule has 0 bridgehead atoms. The summed E-state index contributed by atoms with van der Waals surface area (Å²) in [4.78, 5) is 49.1. The molecule has 7 heteroatoms. The van der Waals surface area contributed by atoms with Crippen LogP contribution in [0, 0.1) is 0 Å². The van der Waals surface area contributed by atoms with Crippen LogP contribution in [0.1, 0.15) is 58.8 Å². The summed E-state index contributed by atoms with van der Waals surface area (Å²) in [7, 11) is 0. The summed E-state index contributed by atoms with van der Waals surface area (Å²) in [6.45, 7) is 6.94. The van der Waals surface area contributed by atoms with E-state index < -0.39 is 36.2 Å². The van der Waals surface area contributed by atoms with E-state index in [1.165, 1.54) is 0 Å². The largest absolute Gasteiger partial charge is 0.480 e. The Morgan fingerprint density at radius 3 is 1.85 bits per heavy atom. The lowest BCUT2D eigenvalue weighted by Gasteiger charge is -2.26. The zero-order valence-corrected chi connectivity index (χ0v) is 16.1. The average Bonchev–Trinajstić information content (AvgIpc) is 2.62. The van der Waals surface area contributed by atoms with Crippen LogP contribution in [0.15, 0.2) is 37.1 Å². The van der Waals surface area contributed by atoms with Gasteiger partial charge in [-0.1, -0.05) is 30.9 Å². The number of carbonyl (C=O) groups excluding carboxylic acids is 3. The first-order valence-electron chi connectivity index (χ1n) is 8.99. The quantitative estimate of drug-likeness (QED) is 0.228. The number of hydrogen-bond donors (Lipinski definition) is 1. The predicted molar refractivity (Wildman–Crippen MR) is 102 cm³/mol. The molecule has 0 aromatic carbocycles. The van der Waals surface area contributed by atoms with Crippen molar-refractivity contribution < 1.29 is 29.0 Å². The second-order valence-corrected chi connectivity index (χ2v) is 5.79. The molecule has 0 aromatic heterocycles. The Hall–Kier alpha value is -2.70. The molecule has 0 aliphatic rings. The van der Waals surface area contributed by atoms with Crippen molar-refractivity contribution >= 4 is 23.8 Å². The number of amides is 2. The van der Waals surface area contributed by atoms with Crippen LogP contribution in [0.3, 0.4) is 0 Å². The molecular formula is C20H29NO6. The Morgan fingerprint density at radius 1 is 1.00 bits per heavy atom. The van der Waals surface area contributed by atoms with E-state index in [0.717, 1.165) is 6.26 Å². The van der Waals surface area contributed by atoms with Gasteiger partial charge in [-0.05, 0) is 39.5 Å². The fourth-order valence-electron chi connectivity index (χ4n) is 2.39. The van der Waals surface area contributed by atoms with E-state index in [9.17, 15) is 24.3 Å². The van der Waals surface area contributed by atoms with Gasteiger partial charge in [0, 0.05) is 12.8 Å². The SMILES string of the molecule is C=COC(=O)CC(C(=O)O)N(C(=O)CCC/C=C/C)C(=O)CCC/C=C/C. The van der Waals surface area contributed by atoms with E-state index in [2.05, 4.69) is 11.3 Å². The van der Waals surface area contributed by atoms with Gasteiger partial charge in [0.25, 0.3) is 0 Å². The Morgan fingerprint density at radius 2 is 1.48 bits per heavy atom. The van der Waals surface area contributed by atoms with E-state index in [1.807, 2.05) is 38.2 Å². The highest BCUT2D eigenvalue weighted by molar-refractivity contribution is 6.00. The third-order valence-electron chi connectivity index (χ3n) is 3.70. The van der Waals surface area contributed by atoms with Crippen molar-refractivity contribution in [1.82, 2.24) is 4.90 Å². The second-order valence-electron chi connectivity index (χ2n) is 5.79. The number of carboxylic acids is 1. The first-order valence-corrected chi connectivity index (χ1v) is 8.99. The maximum atomic E-state index is 12.6. The van der Waals surface area contributed by atoms with Crippen molar-refractivity contribution in [2.45, 2.75) is 64.8 Å². The summed E-state index contributed by atoms with van der Waals surface area (Å²) in [5.74, 6) is -3.51. The number of nitrogens with zero attached hydrogens (tertiary/aromatic N) is 1. The van der Waals surface area contributed by atoms with Crippen LogP contribution < -0.4 is 0 Å². The first kappa shape index (κ1) is 24.3. The normalized spacial score (nSPS) is 12.1. The van der Waals surface area contributed by atoms with Crippen LogP contribution in [0.25, 0.3) is 0 Å². The molecule has 0 heterocycles. The molecule has 7 nitrogen and oxygen atoms in total. The van der Waals surface area contributed by atoms with E-state index >= 15 is 0 Å². The number of unbranched alkanes of at least 4 members (excludes halogenated alkanes) is 2. The summed E-state index contributed by atoms with van der Waals surface area (Å²) < 4.78 is 4.55. The van der Waals surface area contributed by atoms with Crippen molar-refractivity contribution in [2.75, 3.05) is 0 Å². The number of allylic oxidation sites excluding steroid dienone is 4. The minimum Gasteiger partial charge on any atom is -0.480 e. The lowest BCUT2D eigenvalue weighted by Crippen LogP contribution is -2.49. The fraction of sp³-hybridized carbons (Fsp3) is 0.500. The summed E-state index contributed by atoms with van der Waals surface area (Å²) in [5.41, 5.74) is 0. The molecule has 2 amide bonds. The Bertz CT molecular complexity index is 549. The van der Waals surface area contributed by atoms with Crippen molar-refractivity contribution in [3.63, 3.8) is 0 Å². The molecule has 150 valence electrons. The maximum Gasteiger partial charge on any atom is 0.327 e. The zero-order valence-electron chi connectivity index (χ0n) is 16.1. The summed E-state index contributed by atoms with van der Waals surface area (Å²) in [5, 5.41) is 9.48. The van der Waals surface area contributed by atoms with Gasteiger partial charge in [0.15, 0.2) is 0 Å². The number of carboxylic acid groups (broad SMARTS) is 1. The molecule has 0 spiro atoms. The lowest BCUT2D eigenvalue weighted by atomic mass is 10.1. The molecule has 1 atom stereocenters. The van der Waals surface area contributed by atoms with Gasteiger partial charge in [0.1, 0.15) is 6.04 Å². The van der Waals surface area contributed by atoms with Gasteiger partial charge < -0.3 is 9.84 Å². The molecule has 0 aliphatic carbocycles. The van der Waals surface area contributed by atoms with Gasteiger partial charge in [-0.25, -0.2) is 4.79 Å². The molecular weight excluding hydrogens is 350 g/mol. The van der Waals surface area contributed by atoms with E-state index in [-0.39, 0.29) is 12.8 Å². The molecule has 0 saturated carbocycles. The maximum absolute atomic E-state index is 12.6. The van der Waals surface area contributed by atoms with Gasteiger partial charge in [0.05, 0.1) is 12.7 Å². The number of ether oxygens (including phenoxy) is 1. The predicted octanol–water partition coefficient (Wildman–Crippen LogP) is 3.36. The van der Waals surface area contributed by atoms with Crippen molar-refractivity contribution in [3.05, 3.63) is 37.1 Å². The van der Waals surface area contributed by atoms with Crippen LogP contribution in [0.2, 0.25) is 0 Å². The van der Waals surface area contributed by atoms with Crippen molar-refractivity contribution in [3.8, 4) is 0 Å². The highest BCUT2D eigenvalue weighted by Crippen LogP contribution is 2.15. The minimum atomic E-state index is -1.60. The molecule has 27 heavy (non-hydrogen) atoms. The van der Waals surface area contributed by atoms with Gasteiger partial charge in [-0.3, -0.25) is 19.3 Å². The average molecular weight is 379 g/mol. The number of imide groups is 1. The van der Waals surface area contributed by atoms with Crippen molar-refractivity contribution in [1.29, 1.82) is 0 Å². The monoisotopic (exact) mass is 379 g/mol. The molecule has 0 saturated heterocycles. The van der Waals surface area contributed by atoms with Gasteiger partial charge >= 0.3 is 11.9 Å². The summed E-state index contributed by atoms with van der Waals surface area (Å²) in [6, 6.07) is -1.60. The highest BCUT2D eigenvalue weighted by Gasteiger charge is 2.36. The smallest absolute Gasteiger partial charge is 0.327 e. The van der Waals surface area contributed by atoms with Crippen LogP contribution in [-0.4, -0.2) is 39.8 Å². The third kappa shape index (κ3) is 10.1. The van der Waals surface area contributed by atoms with Crippen LogP contribution in [0.4, 0.5) is 0 Å². The number of esters is 1. The molecule has 0 fully saturated rings. The third-order valence-corrected chi connectivity index (χ3v) is 3.70. The summed E-state index contributed by atoms with van der Waals surface area (Å²) in [6.07, 6.45) is 10.00. The summed E-state index contributed by atoms with van der Waals surface area (Å²) >= 11 is 0. The Kier molecular flexibility index (Phi) is 13.0. The van der Waals surface area contributed by atoms with E-state index in [1.54, 1.807) is 0 Å². The zero-order chi connectivity index (χ0) is 20.7. The van der Waals surface area contributed by atoms with Crippen LogP contribution in [-0.2, 0) is 23.9 Å². The molecule has 0 aromatic rings. The van der Waals surface area contributed by atoms with Crippen LogP contribution >= 0.6 is 0 Å². The van der Waals surface area contributed by atoms with Crippen LogP contribution in [0.5, 0.6) is 0 Å². The molecule has 0 aliphatic heterocycles. The second kappa shape index (κ2) is 14.5. The number of rotatable bonds is 13. The van der Waals surface area contributed by atoms with E-state index in [4.69, 9.17) is 0 Å². The first-order chi connectivity index (χ1) is 12.9. The highest BCUT2D eigenvalue weighted by atomic mass is 16.5. The lowest BCUT2D eigenvalue weighted by molar-refractivity contribution is -0.160. The van der Waals surface area contributed by atoms with Crippen molar-refractivity contribution in [2.24, 2.45) is 0 Å². The number of carbonyl (C=O) groups is 4. The molecule has 1 unspecified atom stereocenters. The molecule has 0 rings (SSSR count). The standard InChI is InChI=1S/C20H29NO6/c1-4-7-9-11-13-17(22)21(18(23)14-12-10-8-5-2)16(20(25)26)15-19(24)27-6-3/h4-8,16H,3,9-15H2,1-2H3,(H,25,26)/b7-4+,8-5+. The van der Waals surface area contributed by atoms with Gasteiger partial charge in [-0.2, -0.15) is 0 Å². The minimum absolute atomic E-state index is 0.0191. The fourth-order valence-corrected chi connectivity index (χ4v) is 2.39. The Labute approximate surface area is 160 Å². The van der Waals surface area contributed by atoms with E-state index in [0.29, 0.717) is 30.6 Å². The number of hydrogen-bond acceptors (Lipinski definition) is 5.